The van der Waals surface area contributed by atoms with Gasteiger partial charge in [0.05, 0.1) is 22.2 Å². The predicted molar refractivity (Wildman–Crippen MR) is 111 cm³/mol. The monoisotopic (exact) mass is 392 g/mol. The Kier molecular flexibility index (Phi) is 5.81. The summed E-state index contributed by atoms with van der Waals surface area (Å²) in [5.74, 6) is 0.377. The summed E-state index contributed by atoms with van der Waals surface area (Å²) in [5.41, 5.74) is 1.74. The van der Waals surface area contributed by atoms with Crippen LogP contribution in [0.2, 0.25) is 0 Å². The average molecular weight is 393 g/mol. The molecular formula is C23H24N2O2S. The fourth-order valence-electron chi connectivity index (χ4n) is 3.57. The van der Waals surface area contributed by atoms with Crippen molar-refractivity contribution in [3.8, 4) is 11.6 Å². The number of hydrogen-bond donors (Lipinski definition) is 0. The van der Waals surface area contributed by atoms with E-state index in [-0.39, 0.29) is 11.9 Å². The summed E-state index contributed by atoms with van der Waals surface area (Å²) in [6.45, 7) is 1.96. The molecule has 1 aromatic heterocycles. The Morgan fingerprint density at radius 3 is 2.32 bits per heavy atom. The van der Waals surface area contributed by atoms with Gasteiger partial charge in [-0.1, -0.05) is 67.4 Å². The Hall–Kier alpha value is -2.53. The maximum atomic E-state index is 12.9. The van der Waals surface area contributed by atoms with Gasteiger partial charge in [-0.2, -0.15) is 9.78 Å². The third-order valence-corrected chi connectivity index (χ3v) is 6.25. The van der Waals surface area contributed by atoms with E-state index in [0.717, 1.165) is 46.9 Å². The van der Waals surface area contributed by atoms with Crippen molar-refractivity contribution in [1.82, 2.24) is 9.78 Å². The number of benzene rings is 2. The molecule has 2 aromatic carbocycles. The van der Waals surface area contributed by atoms with E-state index in [1.807, 2.05) is 55.5 Å². The van der Waals surface area contributed by atoms with E-state index in [1.54, 1.807) is 16.4 Å². The maximum absolute atomic E-state index is 12.9. The lowest BCUT2D eigenvalue weighted by atomic mass is 9.89. The zero-order valence-corrected chi connectivity index (χ0v) is 16.8. The SMILES string of the molecule is Cc1nn(-c2ccccc2)c(OC(=O)C2CCCCC2)c1Sc1ccccc1. The lowest BCUT2D eigenvalue weighted by molar-refractivity contribution is -0.140. The van der Waals surface area contributed by atoms with E-state index in [4.69, 9.17) is 9.84 Å². The van der Waals surface area contributed by atoms with Gasteiger partial charge < -0.3 is 4.74 Å². The van der Waals surface area contributed by atoms with Gasteiger partial charge >= 0.3 is 5.97 Å². The number of aromatic nitrogens is 2. The van der Waals surface area contributed by atoms with Crippen molar-refractivity contribution in [3.63, 3.8) is 0 Å². The normalized spacial score (nSPS) is 14.8. The summed E-state index contributed by atoms with van der Waals surface area (Å²) in [4.78, 5) is 14.9. The third-order valence-electron chi connectivity index (χ3n) is 5.06. The molecule has 1 saturated carbocycles. The Morgan fingerprint density at radius 2 is 1.64 bits per heavy atom. The van der Waals surface area contributed by atoms with Gasteiger partial charge in [-0.05, 0) is 44.0 Å². The molecule has 4 rings (SSSR count). The lowest BCUT2D eigenvalue weighted by Gasteiger charge is -2.20. The minimum atomic E-state index is -0.133. The molecule has 1 aliphatic rings. The second-order valence-electron chi connectivity index (χ2n) is 7.14. The molecule has 5 heteroatoms. The maximum Gasteiger partial charge on any atom is 0.315 e. The highest BCUT2D eigenvalue weighted by Crippen LogP contribution is 2.39. The highest BCUT2D eigenvalue weighted by atomic mass is 32.2. The van der Waals surface area contributed by atoms with Gasteiger partial charge in [0.1, 0.15) is 0 Å². The van der Waals surface area contributed by atoms with Crippen LogP contribution in [0.25, 0.3) is 5.69 Å². The van der Waals surface area contributed by atoms with Crippen LogP contribution in [-0.4, -0.2) is 15.7 Å². The van der Waals surface area contributed by atoms with Gasteiger partial charge in [-0.25, -0.2) is 0 Å². The number of aryl methyl sites for hydroxylation is 1. The number of carbonyl (C=O) groups is 1. The van der Waals surface area contributed by atoms with E-state index < -0.39 is 0 Å². The molecular weight excluding hydrogens is 368 g/mol. The lowest BCUT2D eigenvalue weighted by Crippen LogP contribution is -2.24. The molecule has 0 unspecified atom stereocenters. The van der Waals surface area contributed by atoms with Crippen molar-refractivity contribution in [3.05, 3.63) is 66.4 Å². The topological polar surface area (TPSA) is 44.1 Å². The Balaban J connectivity index is 1.70. The minimum absolute atomic E-state index is 0.0113. The molecule has 0 atom stereocenters. The predicted octanol–water partition coefficient (Wildman–Crippen LogP) is 5.82. The van der Waals surface area contributed by atoms with Crippen molar-refractivity contribution in [1.29, 1.82) is 0 Å². The quantitative estimate of drug-likeness (QED) is 0.513. The minimum Gasteiger partial charge on any atom is -0.406 e. The van der Waals surface area contributed by atoms with E-state index in [9.17, 15) is 4.79 Å². The number of esters is 1. The summed E-state index contributed by atoms with van der Waals surface area (Å²) in [6, 6.07) is 19.9. The number of hydrogen-bond acceptors (Lipinski definition) is 4. The Bertz CT molecular complexity index is 932. The number of carbonyl (C=O) groups excluding carboxylic acids is 1. The summed E-state index contributed by atoms with van der Waals surface area (Å²) < 4.78 is 7.76. The molecule has 28 heavy (non-hydrogen) atoms. The standard InChI is InChI=1S/C23H24N2O2S/c1-17-21(28-20-15-9-4-10-16-20)22(25(24-17)19-13-7-3-8-14-19)27-23(26)18-11-5-2-6-12-18/h3-4,7-10,13-16,18H,2,5-6,11-12H2,1H3. The third kappa shape index (κ3) is 4.14. The van der Waals surface area contributed by atoms with Crippen LogP contribution in [0.5, 0.6) is 5.88 Å². The number of rotatable bonds is 5. The van der Waals surface area contributed by atoms with Gasteiger partial charge in [0.15, 0.2) is 0 Å². The molecule has 0 N–H and O–H groups in total. The molecule has 1 heterocycles. The second kappa shape index (κ2) is 8.65. The molecule has 0 spiro atoms. The second-order valence-corrected chi connectivity index (χ2v) is 8.22. The molecule has 0 aliphatic heterocycles. The van der Waals surface area contributed by atoms with Crippen molar-refractivity contribution >= 4 is 17.7 Å². The van der Waals surface area contributed by atoms with Gasteiger partial charge in [0.25, 0.3) is 0 Å². The molecule has 144 valence electrons. The van der Waals surface area contributed by atoms with E-state index in [2.05, 4.69) is 12.1 Å². The summed E-state index contributed by atoms with van der Waals surface area (Å²) in [6.07, 6.45) is 5.24. The van der Waals surface area contributed by atoms with E-state index in [1.165, 1.54) is 6.42 Å². The highest BCUT2D eigenvalue weighted by molar-refractivity contribution is 7.99. The number of nitrogens with zero attached hydrogens (tertiary/aromatic N) is 2. The molecule has 1 fully saturated rings. The van der Waals surface area contributed by atoms with E-state index in [0.29, 0.717) is 5.88 Å². The van der Waals surface area contributed by atoms with Crippen molar-refractivity contribution < 1.29 is 9.53 Å². The molecule has 0 saturated heterocycles. The van der Waals surface area contributed by atoms with Crippen molar-refractivity contribution in [2.45, 2.75) is 48.8 Å². The molecule has 1 aliphatic carbocycles. The summed E-state index contributed by atoms with van der Waals surface area (Å²) in [7, 11) is 0. The van der Waals surface area contributed by atoms with Crippen LogP contribution in [0.15, 0.2) is 70.5 Å². The van der Waals surface area contributed by atoms with Crippen LogP contribution < -0.4 is 4.74 Å². The first kappa shape index (κ1) is 18.8. The zero-order chi connectivity index (χ0) is 19.3. The van der Waals surface area contributed by atoms with Gasteiger partial charge in [0, 0.05) is 4.90 Å². The Labute approximate surface area is 169 Å². The first-order valence-electron chi connectivity index (χ1n) is 9.82. The van der Waals surface area contributed by atoms with Crippen molar-refractivity contribution in [2.75, 3.05) is 0 Å². The first-order chi connectivity index (χ1) is 13.7. The zero-order valence-electron chi connectivity index (χ0n) is 16.0. The van der Waals surface area contributed by atoms with E-state index >= 15 is 0 Å². The van der Waals surface area contributed by atoms with Gasteiger partial charge in [-0.15, -0.1) is 0 Å². The highest BCUT2D eigenvalue weighted by Gasteiger charge is 2.27. The number of ether oxygens (including phenoxy) is 1. The molecule has 4 nitrogen and oxygen atoms in total. The van der Waals surface area contributed by atoms with Crippen LogP contribution in [0.1, 0.15) is 37.8 Å². The molecule has 3 aromatic rings. The largest absolute Gasteiger partial charge is 0.406 e. The van der Waals surface area contributed by atoms with Crippen LogP contribution in [0.4, 0.5) is 0 Å². The average Bonchev–Trinajstić information content (AvgIpc) is 3.05. The van der Waals surface area contributed by atoms with Gasteiger partial charge in [-0.3, -0.25) is 4.79 Å². The van der Waals surface area contributed by atoms with Crippen LogP contribution in [-0.2, 0) is 4.79 Å². The first-order valence-corrected chi connectivity index (χ1v) is 10.6. The summed E-state index contributed by atoms with van der Waals surface area (Å²) >= 11 is 1.58. The van der Waals surface area contributed by atoms with Crippen LogP contribution in [0, 0.1) is 12.8 Å². The fraction of sp³-hybridized carbons (Fsp3) is 0.304. The molecule has 0 bridgehead atoms. The number of para-hydroxylation sites is 1. The van der Waals surface area contributed by atoms with Crippen LogP contribution >= 0.6 is 11.8 Å². The fourth-order valence-corrected chi connectivity index (χ4v) is 4.50. The van der Waals surface area contributed by atoms with Gasteiger partial charge in [0.2, 0.25) is 5.88 Å². The summed E-state index contributed by atoms with van der Waals surface area (Å²) in [5, 5.41) is 4.69. The smallest absolute Gasteiger partial charge is 0.315 e. The molecule has 0 amide bonds. The van der Waals surface area contributed by atoms with Crippen LogP contribution in [0.3, 0.4) is 0 Å². The molecule has 0 radical (unpaired) electrons. The van der Waals surface area contributed by atoms with Crippen molar-refractivity contribution in [2.24, 2.45) is 5.92 Å². The Morgan fingerprint density at radius 1 is 1.00 bits per heavy atom.